The molecule has 1 saturated heterocycles. The van der Waals surface area contributed by atoms with Crippen LogP contribution < -0.4 is 20.7 Å². The summed E-state index contributed by atoms with van der Waals surface area (Å²) < 4.78 is 5.96. The van der Waals surface area contributed by atoms with Gasteiger partial charge in [-0.15, -0.1) is 0 Å². The monoisotopic (exact) mass is 583 g/mol. The van der Waals surface area contributed by atoms with Gasteiger partial charge in [0, 0.05) is 24.4 Å². The van der Waals surface area contributed by atoms with Crippen LogP contribution in [-0.4, -0.2) is 64.9 Å². The fourth-order valence-electron chi connectivity index (χ4n) is 5.13. The molecular weight excluding hydrogens is 550 g/mol. The van der Waals surface area contributed by atoms with Gasteiger partial charge >= 0.3 is 11.9 Å². The van der Waals surface area contributed by atoms with Crippen molar-refractivity contribution in [3.05, 3.63) is 46.9 Å². The number of ether oxygens (including phenoxy) is 1. The van der Waals surface area contributed by atoms with Crippen LogP contribution in [-0.2, 0) is 19.2 Å². The van der Waals surface area contributed by atoms with Crippen molar-refractivity contribution in [2.75, 3.05) is 19.7 Å². The summed E-state index contributed by atoms with van der Waals surface area (Å²) in [5, 5.41) is 28.3. The van der Waals surface area contributed by atoms with E-state index in [9.17, 15) is 34.2 Å². The average molecular weight is 584 g/mol. The summed E-state index contributed by atoms with van der Waals surface area (Å²) in [4.78, 5) is 58.8. The predicted molar refractivity (Wildman–Crippen MR) is 153 cm³/mol. The number of carboxylic acid groups (broad SMARTS) is 2. The topological polar surface area (TPSA) is 171 Å². The summed E-state index contributed by atoms with van der Waals surface area (Å²) in [5.41, 5.74) is 0.792. The lowest BCUT2D eigenvalue weighted by atomic mass is 9.78. The van der Waals surface area contributed by atoms with Gasteiger partial charge in [-0.1, -0.05) is 30.3 Å². The molecule has 41 heavy (non-hydrogen) atoms. The number of hydrogen-bond acceptors (Lipinski definition) is 8. The van der Waals surface area contributed by atoms with Gasteiger partial charge in [-0.2, -0.15) is 0 Å². The fourth-order valence-corrected chi connectivity index (χ4v) is 5.80. The maximum absolute atomic E-state index is 12.2. The maximum Gasteiger partial charge on any atom is 0.308 e. The first-order valence-corrected chi connectivity index (χ1v) is 14.4. The van der Waals surface area contributed by atoms with E-state index in [0.29, 0.717) is 56.0 Å². The molecule has 1 heterocycles. The highest BCUT2D eigenvalue weighted by Gasteiger charge is 2.37. The highest BCUT2D eigenvalue weighted by atomic mass is 32.2. The number of nitrogens with one attached hydrogen (secondary N) is 3. The zero-order valence-electron chi connectivity index (χ0n) is 22.4. The number of aliphatic carboxylic acids is 2. The summed E-state index contributed by atoms with van der Waals surface area (Å²) in [5.74, 6) is -3.14. The molecule has 3 unspecified atom stereocenters. The molecular formula is C29H33N3O8S. The molecule has 4 rings (SSSR count). The molecule has 5 N–H and O–H groups in total. The van der Waals surface area contributed by atoms with Gasteiger partial charge in [0.05, 0.1) is 23.3 Å². The summed E-state index contributed by atoms with van der Waals surface area (Å²) in [7, 11) is 0. The van der Waals surface area contributed by atoms with E-state index in [4.69, 9.17) is 4.74 Å². The molecule has 1 saturated carbocycles. The van der Waals surface area contributed by atoms with Crippen molar-refractivity contribution in [3.63, 3.8) is 0 Å². The summed E-state index contributed by atoms with van der Waals surface area (Å²) in [6.07, 6.45) is 4.17. The van der Waals surface area contributed by atoms with Gasteiger partial charge in [0.2, 0.25) is 5.91 Å². The Morgan fingerprint density at radius 1 is 1.00 bits per heavy atom. The number of carbonyl (C=O) groups is 5. The molecule has 218 valence electrons. The van der Waals surface area contributed by atoms with E-state index in [0.717, 1.165) is 28.1 Å². The molecule has 2 aliphatic rings. The van der Waals surface area contributed by atoms with Crippen LogP contribution in [0, 0.1) is 11.8 Å². The smallest absolute Gasteiger partial charge is 0.308 e. The van der Waals surface area contributed by atoms with Crippen LogP contribution >= 0.6 is 11.8 Å². The van der Waals surface area contributed by atoms with Gasteiger partial charge in [-0.05, 0) is 73.5 Å². The van der Waals surface area contributed by atoms with Gasteiger partial charge < -0.3 is 25.6 Å². The Kier molecular flexibility index (Phi) is 10.4. The van der Waals surface area contributed by atoms with E-state index < -0.39 is 34.9 Å². The molecule has 0 bridgehead atoms. The number of amides is 3. The Bertz CT molecular complexity index is 1360. The minimum absolute atomic E-state index is 0.104. The molecule has 0 aromatic heterocycles. The number of fused-ring (bicyclic) bond motifs is 1. The van der Waals surface area contributed by atoms with Crippen LogP contribution in [0.4, 0.5) is 4.79 Å². The predicted octanol–water partition coefficient (Wildman–Crippen LogP) is 3.37. The van der Waals surface area contributed by atoms with Gasteiger partial charge in [-0.25, -0.2) is 0 Å². The van der Waals surface area contributed by atoms with Gasteiger partial charge in [-0.3, -0.25) is 29.3 Å². The molecule has 0 radical (unpaired) electrons. The SMILES string of the molecule is O=C(CCCOc1ccc(/C=C2\SC(=O)NC2=O)c2ccccc12)NCCCNC1CCC(C(=O)O)CC1C(=O)O. The Morgan fingerprint density at radius 2 is 1.78 bits per heavy atom. The first kappa shape index (κ1) is 30.1. The Balaban J connectivity index is 1.17. The van der Waals surface area contributed by atoms with E-state index in [-0.39, 0.29) is 24.8 Å². The van der Waals surface area contributed by atoms with Gasteiger partial charge in [0.15, 0.2) is 0 Å². The molecule has 0 spiro atoms. The van der Waals surface area contributed by atoms with Crippen LogP contribution in [0.2, 0.25) is 0 Å². The molecule has 3 atom stereocenters. The molecule has 11 nitrogen and oxygen atoms in total. The highest BCUT2D eigenvalue weighted by molar-refractivity contribution is 8.18. The van der Waals surface area contributed by atoms with Crippen LogP contribution in [0.1, 0.15) is 44.1 Å². The van der Waals surface area contributed by atoms with E-state index in [1.54, 1.807) is 6.08 Å². The zero-order valence-corrected chi connectivity index (χ0v) is 23.2. The lowest BCUT2D eigenvalue weighted by molar-refractivity contribution is -0.149. The second-order valence-corrected chi connectivity index (χ2v) is 11.1. The number of thioether (sulfide) groups is 1. The van der Waals surface area contributed by atoms with Crippen molar-refractivity contribution in [3.8, 4) is 5.75 Å². The molecule has 3 amide bonds. The first-order chi connectivity index (χ1) is 19.7. The molecule has 1 aliphatic carbocycles. The van der Waals surface area contributed by atoms with Gasteiger partial charge in [0.1, 0.15) is 5.75 Å². The second kappa shape index (κ2) is 14.1. The second-order valence-electron chi connectivity index (χ2n) is 10.1. The number of imide groups is 1. The number of rotatable bonds is 13. The quantitative estimate of drug-likeness (QED) is 0.174. The average Bonchev–Trinajstić information content (AvgIpc) is 3.27. The molecule has 12 heteroatoms. The fraction of sp³-hybridized carbons (Fsp3) is 0.414. The lowest BCUT2D eigenvalue weighted by Crippen LogP contribution is -2.46. The lowest BCUT2D eigenvalue weighted by Gasteiger charge is -2.32. The van der Waals surface area contributed by atoms with Crippen LogP contribution in [0.3, 0.4) is 0 Å². The van der Waals surface area contributed by atoms with Crippen LogP contribution in [0.15, 0.2) is 41.3 Å². The highest BCUT2D eigenvalue weighted by Crippen LogP contribution is 2.33. The van der Waals surface area contributed by atoms with E-state index >= 15 is 0 Å². The van der Waals surface area contributed by atoms with Gasteiger partial charge in [0.25, 0.3) is 11.1 Å². The molecule has 2 aromatic carbocycles. The third-order valence-corrected chi connectivity index (χ3v) is 8.06. The Labute approximate surface area is 241 Å². The van der Waals surface area contributed by atoms with Crippen molar-refractivity contribution in [2.24, 2.45) is 11.8 Å². The third-order valence-electron chi connectivity index (χ3n) is 7.25. The zero-order chi connectivity index (χ0) is 29.4. The minimum atomic E-state index is -0.986. The normalized spacial score (nSPS) is 21.6. The largest absolute Gasteiger partial charge is 0.493 e. The van der Waals surface area contributed by atoms with Crippen molar-refractivity contribution >= 4 is 57.6 Å². The first-order valence-electron chi connectivity index (χ1n) is 13.6. The molecule has 2 fully saturated rings. The van der Waals surface area contributed by atoms with Crippen LogP contribution in [0.25, 0.3) is 16.8 Å². The van der Waals surface area contributed by atoms with Crippen LogP contribution in [0.5, 0.6) is 5.75 Å². The minimum Gasteiger partial charge on any atom is -0.493 e. The summed E-state index contributed by atoms with van der Waals surface area (Å²) in [6.45, 7) is 1.30. The van der Waals surface area contributed by atoms with Crippen molar-refractivity contribution in [1.82, 2.24) is 16.0 Å². The van der Waals surface area contributed by atoms with E-state index in [2.05, 4.69) is 16.0 Å². The van der Waals surface area contributed by atoms with Crippen molar-refractivity contribution in [2.45, 2.75) is 44.6 Å². The number of carboxylic acids is 2. The molecule has 1 aliphatic heterocycles. The number of carbonyl (C=O) groups excluding carboxylic acids is 3. The maximum atomic E-state index is 12.2. The standard InChI is InChI=1S/C29H33N3O8S/c33-25(31-13-4-12-30-22-10-8-18(27(35)36)15-21(22)28(37)38)7-3-14-40-23-11-9-17(19-5-1-2-6-20(19)23)16-24-26(34)32-29(39)41-24/h1-2,5-6,9,11,16,18,21-22,30H,3-4,7-8,10,12-15H2,(H,31,33)(H,35,36)(H,37,38)(H,32,34,39)/b24-16-. The number of hydrogen-bond donors (Lipinski definition) is 5. The van der Waals surface area contributed by atoms with Crippen molar-refractivity contribution < 1.29 is 38.9 Å². The summed E-state index contributed by atoms with van der Waals surface area (Å²) >= 11 is 0.867. The van der Waals surface area contributed by atoms with E-state index in [1.807, 2.05) is 36.4 Å². The summed E-state index contributed by atoms with van der Waals surface area (Å²) in [6, 6.07) is 11.0. The van der Waals surface area contributed by atoms with E-state index in [1.165, 1.54) is 0 Å². The molecule has 2 aromatic rings. The Morgan fingerprint density at radius 3 is 2.49 bits per heavy atom. The van der Waals surface area contributed by atoms with Crippen molar-refractivity contribution in [1.29, 1.82) is 0 Å². The Hall–Kier alpha value is -3.90. The third kappa shape index (κ3) is 8.08. The number of benzene rings is 2.